The lowest BCUT2D eigenvalue weighted by Crippen LogP contribution is -2.38. The fraction of sp³-hybridized carbons (Fsp3) is 0.615. The highest BCUT2D eigenvalue weighted by Crippen LogP contribution is 2.11. The number of carbonyl (C=O) groups excluding carboxylic acids is 1. The first-order valence-corrected chi connectivity index (χ1v) is 5.79. The van der Waals surface area contributed by atoms with Crippen molar-refractivity contribution in [1.82, 2.24) is 9.88 Å². The third kappa shape index (κ3) is 4.32. The van der Waals surface area contributed by atoms with Gasteiger partial charge in [-0.1, -0.05) is 0 Å². The van der Waals surface area contributed by atoms with Gasteiger partial charge in [-0.3, -0.25) is 9.69 Å². The Labute approximate surface area is 103 Å². The van der Waals surface area contributed by atoms with Crippen LogP contribution in [0.25, 0.3) is 0 Å². The van der Waals surface area contributed by atoms with Crippen molar-refractivity contribution in [2.24, 2.45) is 0 Å². The van der Waals surface area contributed by atoms with Crippen molar-refractivity contribution < 1.29 is 9.90 Å². The number of likely N-dealkylation sites (N-methyl/N-ethyl adjacent to an activating group) is 1. The molecule has 1 heterocycles. The van der Waals surface area contributed by atoms with Gasteiger partial charge in [-0.05, 0) is 40.8 Å². The van der Waals surface area contributed by atoms with Crippen LogP contribution in [-0.4, -0.2) is 46.5 Å². The fourth-order valence-electron chi connectivity index (χ4n) is 2.06. The Morgan fingerprint density at radius 1 is 1.47 bits per heavy atom. The van der Waals surface area contributed by atoms with Crippen LogP contribution >= 0.6 is 0 Å². The molecule has 2 N–H and O–H groups in total. The molecule has 96 valence electrons. The molecule has 0 unspecified atom stereocenters. The van der Waals surface area contributed by atoms with Gasteiger partial charge >= 0.3 is 0 Å². The van der Waals surface area contributed by atoms with Crippen LogP contribution in [0.4, 0.5) is 0 Å². The number of carbonyl (C=O) groups is 1. The van der Waals surface area contributed by atoms with Gasteiger partial charge < -0.3 is 10.1 Å². The first kappa shape index (κ1) is 13.9. The zero-order chi connectivity index (χ0) is 13.2. The molecule has 4 nitrogen and oxygen atoms in total. The second-order valence-corrected chi connectivity index (χ2v) is 5.40. The quantitative estimate of drug-likeness (QED) is 0.765. The van der Waals surface area contributed by atoms with Gasteiger partial charge in [-0.2, -0.15) is 0 Å². The predicted octanol–water partition coefficient (Wildman–Crippen LogP) is 1.52. The van der Waals surface area contributed by atoms with Gasteiger partial charge in [0.15, 0.2) is 5.78 Å². The number of rotatable bonds is 5. The largest absolute Gasteiger partial charge is 0.389 e. The summed E-state index contributed by atoms with van der Waals surface area (Å²) in [5, 5.41) is 9.67. The molecule has 0 bridgehead atoms. The van der Waals surface area contributed by atoms with E-state index >= 15 is 0 Å². The molecule has 1 rings (SSSR count). The van der Waals surface area contributed by atoms with Crippen molar-refractivity contribution in [2.75, 3.05) is 20.1 Å². The lowest BCUT2D eigenvalue weighted by Gasteiger charge is -2.24. The molecule has 17 heavy (non-hydrogen) atoms. The third-order valence-electron chi connectivity index (χ3n) is 2.52. The number of aryl methyl sites for hydroxylation is 2. The van der Waals surface area contributed by atoms with Gasteiger partial charge in [0.1, 0.15) is 0 Å². The molecule has 0 spiro atoms. The van der Waals surface area contributed by atoms with Crippen molar-refractivity contribution in [3.8, 4) is 0 Å². The van der Waals surface area contributed by atoms with E-state index in [0.717, 1.165) is 17.0 Å². The van der Waals surface area contributed by atoms with E-state index in [0.29, 0.717) is 13.1 Å². The number of aromatic amines is 1. The van der Waals surface area contributed by atoms with E-state index in [1.807, 2.05) is 31.9 Å². The van der Waals surface area contributed by atoms with Crippen molar-refractivity contribution in [1.29, 1.82) is 0 Å². The van der Waals surface area contributed by atoms with E-state index in [1.165, 1.54) is 0 Å². The summed E-state index contributed by atoms with van der Waals surface area (Å²) in [6, 6.07) is 1.87. The standard InChI is InChI=1S/C13H22N2O2/c1-9-6-11(10(2)14-9)12(16)7-15(5)8-13(3,4)17/h6,14,17H,7-8H2,1-5H3. The molecule has 0 atom stereocenters. The fourth-order valence-corrected chi connectivity index (χ4v) is 2.06. The van der Waals surface area contributed by atoms with Gasteiger partial charge in [0.05, 0.1) is 12.1 Å². The molecule has 0 fully saturated rings. The molecule has 1 aromatic rings. The molecular weight excluding hydrogens is 216 g/mol. The van der Waals surface area contributed by atoms with Gasteiger partial charge in [0.25, 0.3) is 0 Å². The minimum atomic E-state index is -0.780. The highest BCUT2D eigenvalue weighted by atomic mass is 16.3. The predicted molar refractivity (Wildman–Crippen MR) is 68.4 cm³/mol. The molecule has 0 aliphatic heterocycles. The monoisotopic (exact) mass is 238 g/mol. The summed E-state index contributed by atoms with van der Waals surface area (Å²) < 4.78 is 0. The number of ketones is 1. The number of nitrogens with zero attached hydrogens (tertiary/aromatic N) is 1. The summed E-state index contributed by atoms with van der Waals surface area (Å²) in [7, 11) is 1.84. The average Bonchev–Trinajstić information content (AvgIpc) is 2.41. The van der Waals surface area contributed by atoms with Crippen LogP contribution < -0.4 is 0 Å². The summed E-state index contributed by atoms with van der Waals surface area (Å²) in [4.78, 5) is 17.0. The molecule has 4 heteroatoms. The summed E-state index contributed by atoms with van der Waals surface area (Å²) in [6.45, 7) is 8.10. The van der Waals surface area contributed by atoms with Crippen LogP contribution in [0, 0.1) is 13.8 Å². The maximum absolute atomic E-state index is 12.0. The first-order chi connectivity index (χ1) is 7.69. The Morgan fingerprint density at radius 2 is 2.06 bits per heavy atom. The minimum Gasteiger partial charge on any atom is -0.389 e. The lowest BCUT2D eigenvalue weighted by atomic mass is 10.1. The van der Waals surface area contributed by atoms with Crippen molar-refractivity contribution in [3.05, 3.63) is 23.0 Å². The van der Waals surface area contributed by atoms with E-state index in [4.69, 9.17) is 0 Å². The molecule has 0 amide bonds. The molecule has 0 aliphatic rings. The Balaban J connectivity index is 2.64. The van der Waals surface area contributed by atoms with Crippen LogP contribution in [0.15, 0.2) is 6.07 Å². The molecule has 0 radical (unpaired) electrons. The SMILES string of the molecule is Cc1cc(C(=O)CN(C)CC(C)(C)O)c(C)[nH]1. The molecule has 0 saturated carbocycles. The Morgan fingerprint density at radius 3 is 2.47 bits per heavy atom. The second-order valence-electron chi connectivity index (χ2n) is 5.40. The molecule has 1 aromatic heterocycles. The molecule has 0 aliphatic carbocycles. The molecule has 0 aromatic carbocycles. The lowest BCUT2D eigenvalue weighted by molar-refractivity contribution is 0.0439. The van der Waals surface area contributed by atoms with Crippen LogP contribution in [0.5, 0.6) is 0 Å². The summed E-state index contributed by atoms with van der Waals surface area (Å²) in [5.41, 5.74) is 1.86. The average molecular weight is 238 g/mol. The van der Waals surface area contributed by atoms with E-state index in [-0.39, 0.29) is 5.78 Å². The van der Waals surface area contributed by atoms with Gasteiger partial charge in [0.2, 0.25) is 0 Å². The van der Waals surface area contributed by atoms with Crippen molar-refractivity contribution in [3.63, 3.8) is 0 Å². The number of H-pyrrole nitrogens is 1. The van der Waals surface area contributed by atoms with Gasteiger partial charge in [-0.25, -0.2) is 0 Å². The smallest absolute Gasteiger partial charge is 0.178 e. The van der Waals surface area contributed by atoms with Crippen molar-refractivity contribution in [2.45, 2.75) is 33.3 Å². The van der Waals surface area contributed by atoms with E-state index < -0.39 is 5.60 Å². The summed E-state index contributed by atoms with van der Waals surface area (Å²) in [6.07, 6.45) is 0. The van der Waals surface area contributed by atoms with Gasteiger partial charge in [-0.15, -0.1) is 0 Å². The Bertz CT molecular complexity index is 402. The topological polar surface area (TPSA) is 56.3 Å². The Kier molecular flexibility index (Phi) is 4.11. The summed E-state index contributed by atoms with van der Waals surface area (Å²) in [5.74, 6) is 0.0820. The molecule has 0 saturated heterocycles. The second kappa shape index (κ2) is 5.02. The zero-order valence-corrected chi connectivity index (χ0v) is 11.3. The van der Waals surface area contributed by atoms with E-state index in [9.17, 15) is 9.90 Å². The maximum Gasteiger partial charge on any atom is 0.178 e. The summed E-state index contributed by atoms with van der Waals surface area (Å²) >= 11 is 0. The third-order valence-corrected chi connectivity index (χ3v) is 2.52. The first-order valence-electron chi connectivity index (χ1n) is 5.79. The van der Waals surface area contributed by atoms with E-state index in [2.05, 4.69) is 4.98 Å². The van der Waals surface area contributed by atoms with Crippen molar-refractivity contribution >= 4 is 5.78 Å². The zero-order valence-electron chi connectivity index (χ0n) is 11.3. The normalized spacial score (nSPS) is 12.2. The highest BCUT2D eigenvalue weighted by Gasteiger charge is 2.19. The van der Waals surface area contributed by atoms with E-state index in [1.54, 1.807) is 13.8 Å². The number of Topliss-reactive ketones (excluding diaryl/α,β-unsaturated/α-hetero) is 1. The van der Waals surface area contributed by atoms with Crippen LogP contribution in [0.2, 0.25) is 0 Å². The highest BCUT2D eigenvalue weighted by molar-refractivity contribution is 5.98. The Hall–Kier alpha value is -1.13. The molecular formula is C13H22N2O2. The number of aliphatic hydroxyl groups is 1. The van der Waals surface area contributed by atoms with Gasteiger partial charge in [0, 0.05) is 23.5 Å². The number of hydrogen-bond acceptors (Lipinski definition) is 3. The van der Waals surface area contributed by atoms with Crippen LogP contribution in [-0.2, 0) is 0 Å². The minimum absolute atomic E-state index is 0.0820. The van der Waals surface area contributed by atoms with Crippen LogP contribution in [0.1, 0.15) is 35.6 Å². The number of aromatic nitrogens is 1. The number of nitrogens with one attached hydrogen (secondary N) is 1. The maximum atomic E-state index is 12.0. The number of hydrogen-bond donors (Lipinski definition) is 2. The van der Waals surface area contributed by atoms with Crippen LogP contribution in [0.3, 0.4) is 0 Å².